The number of alkyl halides is 1. The van der Waals surface area contributed by atoms with Gasteiger partial charge in [-0.15, -0.1) is 11.6 Å². The Morgan fingerprint density at radius 1 is 1.43 bits per heavy atom. The lowest BCUT2D eigenvalue weighted by Crippen LogP contribution is -2.34. The second-order valence-corrected chi connectivity index (χ2v) is 6.58. The molecule has 3 rings (SSSR count). The maximum atomic E-state index is 5.95. The van der Waals surface area contributed by atoms with Crippen LogP contribution in [-0.2, 0) is 13.0 Å². The SMILES string of the molecule is Cc1cnc2c(c1)nc(CCCl)n2CC1CCCN(C)C1. The van der Waals surface area contributed by atoms with Crippen LogP contribution in [-0.4, -0.2) is 45.5 Å². The van der Waals surface area contributed by atoms with E-state index < -0.39 is 0 Å². The monoisotopic (exact) mass is 306 g/mol. The third-order valence-corrected chi connectivity index (χ3v) is 4.47. The number of hydrogen-bond donors (Lipinski definition) is 0. The molecule has 5 heteroatoms. The number of fused-ring (bicyclic) bond motifs is 1. The van der Waals surface area contributed by atoms with Gasteiger partial charge in [-0.2, -0.15) is 0 Å². The van der Waals surface area contributed by atoms with Crippen molar-refractivity contribution in [3.8, 4) is 0 Å². The van der Waals surface area contributed by atoms with Crippen molar-refractivity contribution < 1.29 is 0 Å². The van der Waals surface area contributed by atoms with Crippen molar-refractivity contribution in [1.82, 2.24) is 19.4 Å². The molecule has 0 aromatic carbocycles. The highest BCUT2D eigenvalue weighted by Crippen LogP contribution is 2.22. The predicted molar refractivity (Wildman–Crippen MR) is 86.9 cm³/mol. The molecule has 1 unspecified atom stereocenters. The minimum atomic E-state index is 0.604. The summed E-state index contributed by atoms with van der Waals surface area (Å²) in [5.74, 6) is 2.36. The number of nitrogens with zero attached hydrogens (tertiary/aromatic N) is 4. The first kappa shape index (κ1) is 14.8. The van der Waals surface area contributed by atoms with Crippen molar-refractivity contribution in [1.29, 1.82) is 0 Å². The zero-order valence-electron chi connectivity index (χ0n) is 12.8. The Bertz CT molecular complexity index is 622. The largest absolute Gasteiger partial charge is 0.312 e. The highest BCUT2D eigenvalue weighted by Gasteiger charge is 2.20. The van der Waals surface area contributed by atoms with E-state index in [0.29, 0.717) is 11.8 Å². The summed E-state index contributed by atoms with van der Waals surface area (Å²) in [6.07, 6.45) is 5.30. The van der Waals surface area contributed by atoms with Gasteiger partial charge in [0.25, 0.3) is 0 Å². The normalized spacial score (nSPS) is 20.2. The molecule has 1 atom stereocenters. The van der Waals surface area contributed by atoms with Gasteiger partial charge in [-0.25, -0.2) is 9.97 Å². The second kappa shape index (κ2) is 6.32. The highest BCUT2D eigenvalue weighted by atomic mass is 35.5. The summed E-state index contributed by atoms with van der Waals surface area (Å²) in [5, 5.41) is 0. The van der Waals surface area contributed by atoms with Crippen LogP contribution in [0, 0.1) is 12.8 Å². The molecule has 0 aliphatic carbocycles. The summed E-state index contributed by atoms with van der Waals surface area (Å²) in [6, 6.07) is 2.11. The first-order valence-electron chi connectivity index (χ1n) is 7.73. The van der Waals surface area contributed by atoms with Crippen LogP contribution in [0.1, 0.15) is 24.2 Å². The van der Waals surface area contributed by atoms with Crippen LogP contribution >= 0.6 is 11.6 Å². The topological polar surface area (TPSA) is 34.0 Å². The molecule has 1 aliphatic heterocycles. The number of hydrogen-bond acceptors (Lipinski definition) is 3. The first-order valence-corrected chi connectivity index (χ1v) is 8.27. The van der Waals surface area contributed by atoms with E-state index in [-0.39, 0.29) is 0 Å². The lowest BCUT2D eigenvalue weighted by molar-refractivity contribution is 0.194. The molecular weight excluding hydrogens is 284 g/mol. The smallest absolute Gasteiger partial charge is 0.160 e. The molecule has 21 heavy (non-hydrogen) atoms. The van der Waals surface area contributed by atoms with Crippen LogP contribution in [0.4, 0.5) is 0 Å². The molecule has 0 N–H and O–H groups in total. The van der Waals surface area contributed by atoms with E-state index >= 15 is 0 Å². The number of pyridine rings is 1. The van der Waals surface area contributed by atoms with Gasteiger partial charge in [0.05, 0.1) is 0 Å². The van der Waals surface area contributed by atoms with Gasteiger partial charge in [-0.1, -0.05) is 0 Å². The number of halogens is 1. The first-order chi connectivity index (χ1) is 10.2. The van der Waals surface area contributed by atoms with Crippen LogP contribution < -0.4 is 0 Å². The fraction of sp³-hybridized carbons (Fsp3) is 0.625. The summed E-state index contributed by atoms with van der Waals surface area (Å²) in [4.78, 5) is 11.8. The van der Waals surface area contributed by atoms with Crippen molar-refractivity contribution in [3.05, 3.63) is 23.7 Å². The number of likely N-dealkylation sites (tertiary alicyclic amines) is 1. The molecule has 1 saturated heterocycles. The van der Waals surface area contributed by atoms with Gasteiger partial charge < -0.3 is 9.47 Å². The van der Waals surface area contributed by atoms with E-state index in [0.717, 1.165) is 42.1 Å². The summed E-state index contributed by atoms with van der Waals surface area (Å²) < 4.78 is 2.29. The molecule has 0 saturated carbocycles. The van der Waals surface area contributed by atoms with Gasteiger partial charge in [-0.3, -0.25) is 0 Å². The Hall–Kier alpha value is -1.13. The average molecular weight is 307 g/mol. The number of piperidine rings is 1. The van der Waals surface area contributed by atoms with Crippen molar-refractivity contribution in [3.63, 3.8) is 0 Å². The fourth-order valence-corrected chi connectivity index (χ4v) is 3.48. The number of aromatic nitrogens is 3. The van der Waals surface area contributed by atoms with Crippen LogP contribution in [0.15, 0.2) is 12.3 Å². The third-order valence-electron chi connectivity index (χ3n) is 4.28. The molecule has 4 nitrogen and oxygen atoms in total. The number of rotatable bonds is 4. The van der Waals surface area contributed by atoms with Crippen molar-refractivity contribution in [2.45, 2.75) is 32.7 Å². The van der Waals surface area contributed by atoms with Gasteiger partial charge in [0.1, 0.15) is 11.3 Å². The second-order valence-electron chi connectivity index (χ2n) is 6.20. The van der Waals surface area contributed by atoms with E-state index in [4.69, 9.17) is 16.6 Å². The van der Waals surface area contributed by atoms with Crippen LogP contribution in [0.5, 0.6) is 0 Å². The summed E-state index contributed by atoms with van der Waals surface area (Å²) in [6.45, 7) is 5.44. The molecular formula is C16H23ClN4. The Labute approximate surface area is 131 Å². The van der Waals surface area contributed by atoms with Gasteiger partial charge in [0, 0.05) is 31.6 Å². The zero-order chi connectivity index (χ0) is 14.8. The average Bonchev–Trinajstić information content (AvgIpc) is 2.76. The number of aryl methyl sites for hydroxylation is 2. The minimum Gasteiger partial charge on any atom is -0.312 e. The Morgan fingerprint density at radius 3 is 3.05 bits per heavy atom. The Morgan fingerprint density at radius 2 is 2.29 bits per heavy atom. The molecule has 0 amide bonds. The fourth-order valence-electron chi connectivity index (χ4n) is 3.31. The lowest BCUT2D eigenvalue weighted by Gasteiger charge is -2.30. The summed E-state index contributed by atoms with van der Waals surface area (Å²) >= 11 is 5.95. The molecule has 2 aromatic rings. The molecule has 114 valence electrons. The van der Waals surface area contributed by atoms with Crippen molar-refractivity contribution in [2.24, 2.45) is 5.92 Å². The van der Waals surface area contributed by atoms with Crippen molar-refractivity contribution in [2.75, 3.05) is 26.0 Å². The number of imidazole rings is 1. The third kappa shape index (κ3) is 3.22. The van der Waals surface area contributed by atoms with Crippen LogP contribution in [0.3, 0.4) is 0 Å². The quantitative estimate of drug-likeness (QED) is 0.815. The maximum absolute atomic E-state index is 5.95. The summed E-state index contributed by atoms with van der Waals surface area (Å²) in [7, 11) is 2.21. The van der Waals surface area contributed by atoms with E-state index in [1.54, 1.807) is 0 Å². The highest BCUT2D eigenvalue weighted by molar-refractivity contribution is 6.17. The van der Waals surface area contributed by atoms with Gasteiger partial charge in [0.2, 0.25) is 0 Å². The van der Waals surface area contributed by atoms with E-state index in [2.05, 4.69) is 34.5 Å². The maximum Gasteiger partial charge on any atom is 0.160 e. The van der Waals surface area contributed by atoms with Gasteiger partial charge >= 0.3 is 0 Å². The Balaban J connectivity index is 1.93. The van der Waals surface area contributed by atoms with E-state index in [9.17, 15) is 0 Å². The standard InChI is InChI=1S/C16H23ClN4/c1-12-8-14-16(18-9-12)21(15(19-14)5-6-17)11-13-4-3-7-20(2)10-13/h8-9,13H,3-7,10-11H2,1-2H3. The molecule has 3 heterocycles. The molecule has 1 fully saturated rings. The van der Waals surface area contributed by atoms with E-state index in [1.165, 1.54) is 19.4 Å². The predicted octanol–water partition coefficient (Wildman–Crippen LogP) is 2.86. The lowest BCUT2D eigenvalue weighted by atomic mass is 9.98. The van der Waals surface area contributed by atoms with Crippen molar-refractivity contribution >= 4 is 22.8 Å². The molecule has 1 aliphatic rings. The van der Waals surface area contributed by atoms with Crippen LogP contribution in [0.2, 0.25) is 0 Å². The molecule has 0 spiro atoms. The van der Waals surface area contributed by atoms with E-state index in [1.807, 2.05) is 6.20 Å². The van der Waals surface area contributed by atoms with Gasteiger partial charge in [0.15, 0.2) is 5.65 Å². The summed E-state index contributed by atoms with van der Waals surface area (Å²) in [5.41, 5.74) is 3.16. The Kier molecular flexibility index (Phi) is 4.45. The molecule has 2 aromatic heterocycles. The minimum absolute atomic E-state index is 0.604. The van der Waals surface area contributed by atoms with Gasteiger partial charge in [-0.05, 0) is 50.9 Å². The molecule has 0 radical (unpaired) electrons. The zero-order valence-corrected chi connectivity index (χ0v) is 13.6. The molecule has 0 bridgehead atoms. The van der Waals surface area contributed by atoms with Crippen LogP contribution in [0.25, 0.3) is 11.2 Å².